The molecule has 0 bridgehead atoms. The van der Waals surface area contributed by atoms with Crippen molar-refractivity contribution < 1.29 is 13.9 Å². The lowest BCUT2D eigenvalue weighted by atomic mass is 9.98. The number of para-hydroxylation sites is 1. The number of halogens is 2. The zero-order valence-electron chi connectivity index (χ0n) is 10.9. The normalized spacial score (nSPS) is 17.9. The second-order valence-electron chi connectivity index (χ2n) is 5.03. The van der Waals surface area contributed by atoms with Gasteiger partial charge < -0.3 is 10.0 Å². The predicted molar refractivity (Wildman–Crippen MR) is 73.4 cm³/mol. The van der Waals surface area contributed by atoms with Crippen LogP contribution in [0.5, 0.6) is 0 Å². The Morgan fingerprint density at radius 1 is 1.10 bits per heavy atom. The van der Waals surface area contributed by atoms with Crippen LogP contribution in [0.4, 0.5) is 14.5 Å². The van der Waals surface area contributed by atoms with Crippen LogP contribution < -0.4 is 4.90 Å². The summed E-state index contributed by atoms with van der Waals surface area (Å²) in [5.74, 6) is -1.66. The molecule has 0 fully saturated rings. The van der Waals surface area contributed by atoms with Crippen LogP contribution in [0.25, 0.3) is 0 Å². The first-order valence-corrected chi connectivity index (χ1v) is 6.61. The van der Waals surface area contributed by atoms with Crippen LogP contribution in [0.1, 0.15) is 23.7 Å². The van der Waals surface area contributed by atoms with E-state index in [1.165, 1.54) is 6.07 Å². The molecule has 0 saturated heterocycles. The maximum atomic E-state index is 13.3. The van der Waals surface area contributed by atoms with Crippen LogP contribution in [0.2, 0.25) is 0 Å². The summed E-state index contributed by atoms with van der Waals surface area (Å²) in [6.45, 7) is 1.19. The zero-order chi connectivity index (χ0) is 14.1. The fourth-order valence-electron chi connectivity index (χ4n) is 2.63. The number of hydrogen-bond acceptors (Lipinski definition) is 2. The highest BCUT2D eigenvalue weighted by Crippen LogP contribution is 2.34. The van der Waals surface area contributed by atoms with Gasteiger partial charge in [0.25, 0.3) is 0 Å². The summed E-state index contributed by atoms with van der Waals surface area (Å²) in [6.07, 6.45) is 0.188. The van der Waals surface area contributed by atoms with E-state index in [0.717, 1.165) is 22.9 Å². The molecule has 20 heavy (non-hydrogen) atoms. The highest BCUT2D eigenvalue weighted by atomic mass is 19.2. The molecule has 1 heterocycles. The molecule has 0 aliphatic carbocycles. The Hall–Kier alpha value is -1.94. The van der Waals surface area contributed by atoms with Crippen molar-refractivity contribution in [1.82, 2.24) is 0 Å². The van der Waals surface area contributed by atoms with Crippen molar-refractivity contribution in [1.29, 1.82) is 0 Å². The molecule has 1 unspecified atom stereocenters. The van der Waals surface area contributed by atoms with Crippen molar-refractivity contribution in [2.45, 2.75) is 19.1 Å². The third-order valence-electron chi connectivity index (χ3n) is 3.67. The number of nitrogens with zero attached hydrogens (tertiary/aromatic N) is 1. The van der Waals surface area contributed by atoms with Gasteiger partial charge >= 0.3 is 0 Å². The van der Waals surface area contributed by atoms with E-state index < -0.39 is 17.7 Å². The third kappa shape index (κ3) is 2.39. The number of fused-ring (bicyclic) bond motifs is 1. The van der Waals surface area contributed by atoms with Crippen molar-refractivity contribution in [2.24, 2.45) is 0 Å². The van der Waals surface area contributed by atoms with Gasteiger partial charge in [0.1, 0.15) is 0 Å². The first-order chi connectivity index (χ1) is 9.65. The van der Waals surface area contributed by atoms with E-state index in [2.05, 4.69) is 4.90 Å². The second-order valence-corrected chi connectivity index (χ2v) is 5.03. The van der Waals surface area contributed by atoms with Crippen LogP contribution in [0, 0.1) is 11.6 Å². The SMILES string of the molecule is OC1CCN(Cc2ccc(F)c(F)c2)c2ccccc21. The molecule has 1 aliphatic heterocycles. The molecular weight excluding hydrogens is 260 g/mol. The summed E-state index contributed by atoms with van der Waals surface area (Å²) >= 11 is 0. The quantitative estimate of drug-likeness (QED) is 0.908. The standard InChI is InChI=1S/C16H15F2NO/c17-13-6-5-11(9-14(13)18)10-19-8-7-16(20)12-3-1-2-4-15(12)19/h1-6,9,16,20H,7-8,10H2. The van der Waals surface area contributed by atoms with E-state index in [1.54, 1.807) is 6.07 Å². The minimum absolute atomic E-state index is 0.451. The van der Waals surface area contributed by atoms with Crippen molar-refractivity contribution >= 4 is 5.69 Å². The molecule has 1 N–H and O–H groups in total. The Bertz CT molecular complexity index is 630. The Labute approximate surface area is 116 Å². The maximum absolute atomic E-state index is 13.3. The molecule has 1 aliphatic rings. The lowest BCUT2D eigenvalue weighted by Crippen LogP contribution is -2.30. The number of aliphatic hydroxyl groups excluding tert-OH is 1. The van der Waals surface area contributed by atoms with Crippen LogP contribution in [0.15, 0.2) is 42.5 Å². The van der Waals surface area contributed by atoms with Gasteiger partial charge in [-0.1, -0.05) is 24.3 Å². The summed E-state index contributed by atoms with van der Waals surface area (Å²) in [7, 11) is 0. The molecule has 0 radical (unpaired) electrons. The summed E-state index contributed by atoms with van der Waals surface area (Å²) in [6, 6.07) is 11.6. The zero-order valence-corrected chi connectivity index (χ0v) is 10.9. The number of benzene rings is 2. The van der Waals surface area contributed by atoms with E-state index in [-0.39, 0.29) is 0 Å². The number of aliphatic hydroxyl groups is 1. The van der Waals surface area contributed by atoms with E-state index >= 15 is 0 Å². The van der Waals surface area contributed by atoms with Gasteiger partial charge in [0.15, 0.2) is 11.6 Å². The summed E-state index contributed by atoms with van der Waals surface area (Å²) in [4.78, 5) is 2.08. The highest BCUT2D eigenvalue weighted by molar-refractivity contribution is 5.56. The van der Waals surface area contributed by atoms with Gasteiger partial charge in [-0.05, 0) is 30.2 Å². The lowest BCUT2D eigenvalue weighted by Gasteiger charge is -2.33. The average molecular weight is 275 g/mol. The van der Waals surface area contributed by atoms with Gasteiger partial charge in [0.2, 0.25) is 0 Å². The summed E-state index contributed by atoms with van der Waals surface area (Å²) in [5.41, 5.74) is 2.56. The highest BCUT2D eigenvalue weighted by Gasteiger charge is 2.23. The topological polar surface area (TPSA) is 23.5 Å². The molecule has 1 atom stereocenters. The van der Waals surface area contributed by atoms with Crippen LogP contribution in [0.3, 0.4) is 0 Å². The molecule has 0 amide bonds. The molecular formula is C16H15F2NO. The number of hydrogen-bond donors (Lipinski definition) is 1. The molecule has 104 valence electrons. The number of rotatable bonds is 2. The molecule has 2 nitrogen and oxygen atoms in total. The van der Waals surface area contributed by atoms with Crippen molar-refractivity contribution in [3.05, 3.63) is 65.2 Å². The Morgan fingerprint density at radius 3 is 2.70 bits per heavy atom. The largest absolute Gasteiger partial charge is 0.388 e. The van der Waals surface area contributed by atoms with Crippen molar-refractivity contribution in [2.75, 3.05) is 11.4 Å². The fourth-order valence-corrected chi connectivity index (χ4v) is 2.63. The molecule has 4 heteroatoms. The Kier molecular flexibility index (Phi) is 3.40. The lowest BCUT2D eigenvalue weighted by molar-refractivity contribution is 0.164. The molecule has 0 spiro atoms. The fraction of sp³-hybridized carbons (Fsp3) is 0.250. The minimum atomic E-state index is -0.830. The van der Waals surface area contributed by atoms with Crippen LogP contribution in [-0.4, -0.2) is 11.7 Å². The van der Waals surface area contributed by atoms with Gasteiger partial charge in [-0.15, -0.1) is 0 Å². The molecule has 2 aromatic carbocycles. The Balaban J connectivity index is 1.88. The molecule has 3 rings (SSSR count). The molecule has 2 aromatic rings. The predicted octanol–water partition coefficient (Wildman–Crippen LogP) is 3.41. The first-order valence-electron chi connectivity index (χ1n) is 6.61. The van der Waals surface area contributed by atoms with E-state index in [1.807, 2.05) is 24.3 Å². The average Bonchev–Trinajstić information content (AvgIpc) is 2.46. The van der Waals surface area contributed by atoms with Gasteiger partial charge in [-0.25, -0.2) is 8.78 Å². The summed E-state index contributed by atoms with van der Waals surface area (Å²) in [5, 5.41) is 9.99. The van der Waals surface area contributed by atoms with E-state index in [0.29, 0.717) is 19.5 Å². The van der Waals surface area contributed by atoms with Crippen molar-refractivity contribution in [3.8, 4) is 0 Å². The monoisotopic (exact) mass is 275 g/mol. The Morgan fingerprint density at radius 2 is 1.90 bits per heavy atom. The smallest absolute Gasteiger partial charge is 0.159 e. The van der Waals surface area contributed by atoms with Gasteiger partial charge in [-0.2, -0.15) is 0 Å². The minimum Gasteiger partial charge on any atom is -0.388 e. The van der Waals surface area contributed by atoms with Gasteiger partial charge in [-0.3, -0.25) is 0 Å². The van der Waals surface area contributed by atoms with Crippen LogP contribution >= 0.6 is 0 Å². The maximum Gasteiger partial charge on any atom is 0.159 e. The summed E-state index contributed by atoms with van der Waals surface area (Å²) < 4.78 is 26.2. The van der Waals surface area contributed by atoms with Crippen molar-refractivity contribution in [3.63, 3.8) is 0 Å². The van der Waals surface area contributed by atoms with Gasteiger partial charge in [0.05, 0.1) is 6.10 Å². The second kappa shape index (κ2) is 5.21. The molecule has 0 saturated carbocycles. The third-order valence-corrected chi connectivity index (χ3v) is 3.67. The van der Waals surface area contributed by atoms with Gasteiger partial charge in [0, 0.05) is 24.3 Å². The molecule has 0 aromatic heterocycles. The number of anilines is 1. The first kappa shape index (κ1) is 13.1. The van der Waals surface area contributed by atoms with E-state index in [4.69, 9.17) is 0 Å². The van der Waals surface area contributed by atoms with Crippen LogP contribution in [-0.2, 0) is 6.54 Å². The van der Waals surface area contributed by atoms with E-state index in [9.17, 15) is 13.9 Å².